The van der Waals surface area contributed by atoms with Gasteiger partial charge < -0.3 is 10.1 Å². The number of benzene rings is 2. The summed E-state index contributed by atoms with van der Waals surface area (Å²) in [5, 5.41) is 3.57. The van der Waals surface area contributed by atoms with E-state index in [9.17, 15) is 0 Å². The Hall–Kier alpha value is -1.80. The third kappa shape index (κ3) is 3.61. The molecule has 0 bridgehead atoms. The molecule has 0 saturated carbocycles. The smallest absolute Gasteiger partial charge is 0.119 e. The van der Waals surface area contributed by atoms with Crippen molar-refractivity contribution in [3.05, 3.63) is 64.7 Å². The van der Waals surface area contributed by atoms with Crippen LogP contribution in [0.5, 0.6) is 5.75 Å². The molecule has 1 unspecified atom stereocenters. The molecule has 2 aromatic carbocycles. The summed E-state index contributed by atoms with van der Waals surface area (Å²) in [6.07, 6.45) is 0. The summed E-state index contributed by atoms with van der Waals surface area (Å²) in [5.74, 6) is 0.906. The molecular formula is C18H23NO. The summed E-state index contributed by atoms with van der Waals surface area (Å²) in [6, 6.07) is 15.1. The van der Waals surface area contributed by atoms with Crippen LogP contribution >= 0.6 is 0 Å². The molecule has 1 N–H and O–H groups in total. The van der Waals surface area contributed by atoms with Crippen LogP contribution in [0.3, 0.4) is 0 Å². The molecule has 0 fully saturated rings. The van der Waals surface area contributed by atoms with Gasteiger partial charge in [-0.15, -0.1) is 0 Å². The van der Waals surface area contributed by atoms with Crippen LogP contribution in [0.4, 0.5) is 0 Å². The Bertz CT molecular complexity index is 577. The summed E-state index contributed by atoms with van der Waals surface area (Å²) >= 11 is 0. The Morgan fingerprint density at radius 1 is 1.10 bits per heavy atom. The van der Waals surface area contributed by atoms with Crippen molar-refractivity contribution < 1.29 is 4.74 Å². The van der Waals surface area contributed by atoms with Gasteiger partial charge in [0.05, 0.1) is 7.11 Å². The highest BCUT2D eigenvalue weighted by molar-refractivity contribution is 5.33. The third-order valence-corrected chi connectivity index (χ3v) is 3.64. The summed E-state index contributed by atoms with van der Waals surface area (Å²) in [4.78, 5) is 0. The first kappa shape index (κ1) is 14.6. The fourth-order valence-corrected chi connectivity index (χ4v) is 2.47. The monoisotopic (exact) mass is 269 g/mol. The number of hydrogen-bond acceptors (Lipinski definition) is 2. The lowest BCUT2D eigenvalue weighted by atomic mass is 10.00. The standard InChI is InChI=1S/C18H23NO/c1-13-8-9-18(14(2)10-13)15(3)19-12-16-6-5-7-17(11-16)20-4/h5-11,15,19H,12H2,1-4H3. The lowest BCUT2D eigenvalue weighted by Crippen LogP contribution is -2.19. The SMILES string of the molecule is COc1cccc(CNC(C)c2ccc(C)cc2C)c1. The maximum atomic E-state index is 5.25. The van der Waals surface area contributed by atoms with Gasteiger partial charge in [0.2, 0.25) is 0 Å². The normalized spacial score (nSPS) is 12.2. The molecule has 0 radical (unpaired) electrons. The molecule has 0 saturated heterocycles. The first-order valence-electron chi connectivity index (χ1n) is 7.03. The van der Waals surface area contributed by atoms with Gasteiger partial charge in [-0.3, -0.25) is 0 Å². The molecule has 20 heavy (non-hydrogen) atoms. The van der Waals surface area contributed by atoms with E-state index in [1.165, 1.54) is 22.3 Å². The maximum Gasteiger partial charge on any atom is 0.119 e. The third-order valence-electron chi connectivity index (χ3n) is 3.64. The number of nitrogens with one attached hydrogen (secondary N) is 1. The van der Waals surface area contributed by atoms with Crippen LogP contribution in [0.2, 0.25) is 0 Å². The molecule has 0 aromatic heterocycles. The second-order valence-electron chi connectivity index (χ2n) is 5.31. The number of rotatable bonds is 5. The molecular weight excluding hydrogens is 246 g/mol. The van der Waals surface area contributed by atoms with Crippen molar-refractivity contribution in [3.8, 4) is 5.75 Å². The van der Waals surface area contributed by atoms with Gasteiger partial charge in [-0.25, -0.2) is 0 Å². The van der Waals surface area contributed by atoms with E-state index < -0.39 is 0 Å². The van der Waals surface area contributed by atoms with Crippen LogP contribution in [0, 0.1) is 13.8 Å². The Labute approximate surface area is 121 Å². The van der Waals surface area contributed by atoms with Crippen molar-refractivity contribution in [2.75, 3.05) is 7.11 Å². The van der Waals surface area contributed by atoms with Crippen molar-refractivity contribution in [1.82, 2.24) is 5.32 Å². The lowest BCUT2D eigenvalue weighted by molar-refractivity contribution is 0.414. The molecule has 0 aliphatic carbocycles. The summed E-state index contributed by atoms with van der Waals surface area (Å²) in [6.45, 7) is 7.35. The second-order valence-corrected chi connectivity index (χ2v) is 5.31. The quantitative estimate of drug-likeness (QED) is 0.880. The first-order chi connectivity index (χ1) is 9.60. The minimum Gasteiger partial charge on any atom is -0.497 e. The summed E-state index contributed by atoms with van der Waals surface area (Å²) in [7, 11) is 1.70. The molecule has 0 aliphatic rings. The van der Waals surface area contributed by atoms with E-state index in [0.717, 1.165) is 12.3 Å². The van der Waals surface area contributed by atoms with Gasteiger partial charge in [0, 0.05) is 12.6 Å². The van der Waals surface area contributed by atoms with E-state index in [1.54, 1.807) is 7.11 Å². The van der Waals surface area contributed by atoms with Crippen LogP contribution in [0.1, 0.15) is 35.2 Å². The molecule has 2 nitrogen and oxygen atoms in total. The Kier molecular flexibility index (Phi) is 4.80. The zero-order chi connectivity index (χ0) is 14.5. The Morgan fingerprint density at radius 2 is 1.90 bits per heavy atom. The van der Waals surface area contributed by atoms with Crippen molar-refractivity contribution in [2.45, 2.75) is 33.4 Å². The first-order valence-corrected chi connectivity index (χ1v) is 7.03. The van der Waals surface area contributed by atoms with Gasteiger partial charge in [0.15, 0.2) is 0 Å². The fraction of sp³-hybridized carbons (Fsp3) is 0.333. The molecule has 0 heterocycles. The predicted octanol–water partition coefficient (Wildman–Crippen LogP) is 4.16. The van der Waals surface area contributed by atoms with Gasteiger partial charge in [-0.1, -0.05) is 35.9 Å². The molecule has 106 valence electrons. The number of aryl methyl sites for hydroxylation is 2. The van der Waals surface area contributed by atoms with Crippen LogP contribution in [0.15, 0.2) is 42.5 Å². The Balaban J connectivity index is 2.02. The summed E-state index contributed by atoms with van der Waals surface area (Å²) in [5.41, 5.74) is 5.25. The Morgan fingerprint density at radius 3 is 2.60 bits per heavy atom. The fourth-order valence-electron chi connectivity index (χ4n) is 2.47. The molecule has 1 atom stereocenters. The average Bonchev–Trinajstić information content (AvgIpc) is 2.45. The zero-order valence-corrected chi connectivity index (χ0v) is 12.7. The highest BCUT2D eigenvalue weighted by Gasteiger charge is 2.08. The van der Waals surface area contributed by atoms with Crippen LogP contribution in [-0.2, 0) is 6.54 Å². The predicted molar refractivity (Wildman–Crippen MR) is 84.2 cm³/mol. The number of ether oxygens (including phenoxy) is 1. The van der Waals surface area contributed by atoms with Crippen LogP contribution in [-0.4, -0.2) is 7.11 Å². The van der Waals surface area contributed by atoms with E-state index in [1.807, 2.05) is 12.1 Å². The van der Waals surface area contributed by atoms with Gasteiger partial charge in [-0.2, -0.15) is 0 Å². The molecule has 2 aromatic rings. The van der Waals surface area contributed by atoms with Gasteiger partial charge >= 0.3 is 0 Å². The minimum absolute atomic E-state index is 0.335. The molecule has 0 spiro atoms. The van der Waals surface area contributed by atoms with E-state index >= 15 is 0 Å². The second kappa shape index (κ2) is 6.58. The van der Waals surface area contributed by atoms with Crippen molar-refractivity contribution in [3.63, 3.8) is 0 Å². The van der Waals surface area contributed by atoms with E-state index in [2.05, 4.69) is 56.4 Å². The molecule has 0 aliphatic heterocycles. The largest absolute Gasteiger partial charge is 0.497 e. The number of hydrogen-bond donors (Lipinski definition) is 1. The highest BCUT2D eigenvalue weighted by atomic mass is 16.5. The maximum absolute atomic E-state index is 5.25. The molecule has 2 rings (SSSR count). The molecule has 2 heteroatoms. The van der Waals surface area contributed by atoms with Gasteiger partial charge in [0.1, 0.15) is 5.75 Å². The molecule has 0 amide bonds. The van der Waals surface area contributed by atoms with Crippen LogP contribution < -0.4 is 10.1 Å². The van der Waals surface area contributed by atoms with Gasteiger partial charge in [0.25, 0.3) is 0 Å². The van der Waals surface area contributed by atoms with Crippen molar-refractivity contribution >= 4 is 0 Å². The topological polar surface area (TPSA) is 21.3 Å². The van der Waals surface area contributed by atoms with E-state index in [0.29, 0.717) is 6.04 Å². The van der Waals surface area contributed by atoms with E-state index in [-0.39, 0.29) is 0 Å². The van der Waals surface area contributed by atoms with Gasteiger partial charge in [-0.05, 0) is 49.6 Å². The zero-order valence-electron chi connectivity index (χ0n) is 12.7. The van der Waals surface area contributed by atoms with Crippen molar-refractivity contribution in [2.24, 2.45) is 0 Å². The van der Waals surface area contributed by atoms with Crippen LogP contribution in [0.25, 0.3) is 0 Å². The summed E-state index contributed by atoms with van der Waals surface area (Å²) < 4.78 is 5.25. The number of methoxy groups -OCH3 is 1. The van der Waals surface area contributed by atoms with Crippen molar-refractivity contribution in [1.29, 1.82) is 0 Å². The minimum atomic E-state index is 0.335. The average molecular weight is 269 g/mol. The van der Waals surface area contributed by atoms with E-state index in [4.69, 9.17) is 4.74 Å². The highest BCUT2D eigenvalue weighted by Crippen LogP contribution is 2.19. The lowest BCUT2D eigenvalue weighted by Gasteiger charge is -2.17.